The van der Waals surface area contributed by atoms with Crippen LogP contribution in [0.3, 0.4) is 0 Å². The van der Waals surface area contributed by atoms with Crippen LogP contribution in [0.15, 0.2) is 54.7 Å². The van der Waals surface area contributed by atoms with Gasteiger partial charge in [0.05, 0.1) is 36.0 Å². The van der Waals surface area contributed by atoms with Crippen molar-refractivity contribution in [3.05, 3.63) is 66.1 Å². The molecule has 0 N–H and O–H groups in total. The van der Waals surface area contributed by atoms with Gasteiger partial charge in [-0.1, -0.05) is 12.1 Å². The van der Waals surface area contributed by atoms with Crippen molar-refractivity contribution in [2.24, 2.45) is 0 Å². The number of anilines is 1. The van der Waals surface area contributed by atoms with E-state index in [0.29, 0.717) is 22.7 Å². The van der Waals surface area contributed by atoms with Crippen molar-refractivity contribution in [2.75, 3.05) is 45.2 Å². The fraction of sp³-hybridized carbons (Fsp3) is 0.240. The van der Waals surface area contributed by atoms with Crippen LogP contribution in [-0.4, -0.2) is 60.0 Å². The number of hydrogen-bond acceptors (Lipinski definition) is 6. The molecule has 1 fully saturated rings. The van der Waals surface area contributed by atoms with Gasteiger partial charge in [0, 0.05) is 37.1 Å². The average Bonchev–Trinajstić information content (AvgIpc) is 3.26. The number of pyridine rings is 1. The van der Waals surface area contributed by atoms with Crippen LogP contribution in [0, 0.1) is 17.1 Å². The SMILES string of the molecule is COc1cccc(F)c1-c1cc2c(cnn2-c2cccc(N3CCN(C)CC3)n2)cc1C#N. The standard InChI is InChI=1S/C25H23FN6O/c1-30-9-11-31(12-10-30)23-7-4-8-24(29-23)32-21-14-19(17(15-27)13-18(21)16-28-32)25-20(26)5-3-6-22(25)33-2/h3-8,13-14,16H,9-12H2,1-2H3. The van der Waals surface area contributed by atoms with Gasteiger partial charge in [-0.15, -0.1) is 0 Å². The highest BCUT2D eigenvalue weighted by Gasteiger charge is 2.20. The second-order valence-electron chi connectivity index (χ2n) is 8.09. The number of piperazine rings is 1. The molecule has 0 unspecified atom stereocenters. The van der Waals surface area contributed by atoms with Gasteiger partial charge < -0.3 is 14.5 Å². The largest absolute Gasteiger partial charge is 0.496 e. The smallest absolute Gasteiger partial charge is 0.156 e. The molecule has 0 spiro atoms. The summed E-state index contributed by atoms with van der Waals surface area (Å²) >= 11 is 0. The Morgan fingerprint density at radius 2 is 1.79 bits per heavy atom. The number of methoxy groups -OCH3 is 1. The third-order valence-electron chi connectivity index (χ3n) is 6.06. The molecule has 7 nitrogen and oxygen atoms in total. The average molecular weight is 442 g/mol. The van der Waals surface area contributed by atoms with Crippen molar-refractivity contribution in [3.8, 4) is 28.8 Å². The number of aromatic nitrogens is 3. The fourth-order valence-corrected chi connectivity index (χ4v) is 4.23. The Morgan fingerprint density at radius 1 is 1.03 bits per heavy atom. The second-order valence-corrected chi connectivity index (χ2v) is 8.09. The summed E-state index contributed by atoms with van der Waals surface area (Å²) < 4.78 is 22.0. The van der Waals surface area contributed by atoms with E-state index in [9.17, 15) is 9.65 Å². The lowest BCUT2D eigenvalue weighted by molar-refractivity contribution is 0.312. The lowest BCUT2D eigenvalue weighted by Crippen LogP contribution is -2.44. The summed E-state index contributed by atoms with van der Waals surface area (Å²) in [5, 5.41) is 15.1. The van der Waals surface area contributed by atoms with Crippen molar-refractivity contribution in [1.82, 2.24) is 19.7 Å². The maximum atomic E-state index is 14.8. The summed E-state index contributed by atoms with van der Waals surface area (Å²) in [5.41, 5.74) is 1.80. The minimum atomic E-state index is -0.452. The third-order valence-corrected chi connectivity index (χ3v) is 6.06. The predicted octanol–water partition coefficient (Wildman–Crippen LogP) is 3.86. The molecule has 33 heavy (non-hydrogen) atoms. The Hall–Kier alpha value is -3.96. The molecule has 0 amide bonds. The zero-order valence-corrected chi connectivity index (χ0v) is 18.5. The minimum Gasteiger partial charge on any atom is -0.496 e. The molecule has 1 aliphatic rings. The van der Waals surface area contributed by atoms with E-state index in [2.05, 4.69) is 28.0 Å². The molecule has 0 saturated carbocycles. The lowest BCUT2D eigenvalue weighted by atomic mass is 9.97. The highest BCUT2D eigenvalue weighted by molar-refractivity contribution is 5.90. The first-order chi connectivity index (χ1) is 16.1. The molecule has 2 aromatic heterocycles. The van der Waals surface area contributed by atoms with Gasteiger partial charge in [0.25, 0.3) is 0 Å². The van der Waals surface area contributed by atoms with Crippen molar-refractivity contribution in [1.29, 1.82) is 5.26 Å². The van der Waals surface area contributed by atoms with Crippen LogP contribution >= 0.6 is 0 Å². The van der Waals surface area contributed by atoms with E-state index >= 15 is 0 Å². The highest BCUT2D eigenvalue weighted by Crippen LogP contribution is 2.37. The number of nitriles is 1. The number of halogens is 1. The quantitative estimate of drug-likeness (QED) is 0.478. The van der Waals surface area contributed by atoms with Gasteiger partial charge in [-0.25, -0.2) is 14.1 Å². The van der Waals surface area contributed by atoms with Crippen molar-refractivity contribution < 1.29 is 9.13 Å². The number of likely N-dealkylation sites (N-methyl/N-ethyl adjacent to an activating group) is 1. The molecule has 1 saturated heterocycles. The number of fused-ring (bicyclic) bond motifs is 1. The Labute approximate surface area is 191 Å². The van der Waals surface area contributed by atoms with Crippen molar-refractivity contribution in [2.45, 2.75) is 0 Å². The second kappa shape index (κ2) is 8.52. The van der Waals surface area contributed by atoms with Crippen molar-refractivity contribution in [3.63, 3.8) is 0 Å². The van der Waals surface area contributed by atoms with Crippen molar-refractivity contribution >= 4 is 16.7 Å². The van der Waals surface area contributed by atoms with Crippen LogP contribution in [0.2, 0.25) is 0 Å². The number of benzene rings is 2. The molecule has 0 aliphatic carbocycles. The van der Waals surface area contributed by atoms with E-state index in [1.54, 1.807) is 35.1 Å². The van der Waals surface area contributed by atoms with Gasteiger partial charge in [0.1, 0.15) is 17.4 Å². The van der Waals surface area contributed by atoms with Crippen LogP contribution < -0.4 is 9.64 Å². The molecular weight excluding hydrogens is 419 g/mol. The minimum absolute atomic E-state index is 0.255. The monoisotopic (exact) mass is 442 g/mol. The fourth-order valence-electron chi connectivity index (χ4n) is 4.23. The summed E-state index contributed by atoms with van der Waals surface area (Å²) in [5.74, 6) is 1.48. The van der Waals surface area contributed by atoms with Crippen LogP contribution in [0.5, 0.6) is 5.75 Å². The molecule has 1 aliphatic heterocycles. The first kappa shape index (κ1) is 20.9. The van der Waals surface area contributed by atoms with Gasteiger partial charge >= 0.3 is 0 Å². The molecule has 8 heteroatoms. The highest BCUT2D eigenvalue weighted by atomic mass is 19.1. The van der Waals surface area contributed by atoms with Crippen LogP contribution in [0.25, 0.3) is 27.8 Å². The van der Waals surface area contributed by atoms with Gasteiger partial charge in [-0.3, -0.25) is 0 Å². The topological polar surface area (TPSA) is 70.2 Å². The molecular formula is C25H23FN6O. The molecule has 4 aromatic rings. The van der Waals surface area contributed by atoms with Crippen LogP contribution in [0.4, 0.5) is 10.2 Å². The lowest BCUT2D eigenvalue weighted by Gasteiger charge is -2.33. The van der Waals surface area contributed by atoms with E-state index in [-0.39, 0.29) is 5.56 Å². The Kier molecular flexibility index (Phi) is 5.40. The van der Waals surface area contributed by atoms with Crippen LogP contribution in [-0.2, 0) is 0 Å². The molecule has 2 aromatic carbocycles. The Bertz CT molecular complexity index is 1370. The zero-order valence-electron chi connectivity index (χ0n) is 18.5. The summed E-state index contributed by atoms with van der Waals surface area (Å²) in [6.07, 6.45) is 1.70. The Balaban J connectivity index is 1.63. The number of rotatable bonds is 4. The summed E-state index contributed by atoms with van der Waals surface area (Å²) in [7, 11) is 3.61. The predicted molar refractivity (Wildman–Crippen MR) is 125 cm³/mol. The summed E-state index contributed by atoms with van der Waals surface area (Å²) in [4.78, 5) is 9.42. The summed E-state index contributed by atoms with van der Waals surface area (Å²) in [6.45, 7) is 3.80. The van der Waals surface area contributed by atoms with E-state index in [4.69, 9.17) is 9.72 Å². The first-order valence-electron chi connectivity index (χ1n) is 10.7. The normalized spacial score (nSPS) is 14.4. The van der Waals surface area contributed by atoms with E-state index < -0.39 is 5.82 Å². The third kappa shape index (κ3) is 3.77. The Morgan fingerprint density at radius 3 is 2.55 bits per heavy atom. The van der Waals surface area contributed by atoms with E-state index in [1.165, 1.54) is 13.2 Å². The number of ether oxygens (including phenoxy) is 1. The van der Waals surface area contributed by atoms with Gasteiger partial charge in [0.15, 0.2) is 5.82 Å². The van der Waals surface area contributed by atoms with E-state index in [0.717, 1.165) is 42.9 Å². The van der Waals surface area contributed by atoms with Gasteiger partial charge in [-0.2, -0.15) is 10.4 Å². The molecule has 166 valence electrons. The molecule has 5 rings (SSSR count). The maximum absolute atomic E-state index is 14.8. The van der Waals surface area contributed by atoms with Gasteiger partial charge in [0.2, 0.25) is 0 Å². The van der Waals surface area contributed by atoms with E-state index in [1.807, 2.05) is 18.2 Å². The molecule has 3 heterocycles. The zero-order chi connectivity index (χ0) is 22.9. The molecule has 0 bridgehead atoms. The summed E-state index contributed by atoms with van der Waals surface area (Å²) in [6, 6.07) is 16.2. The molecule has 0 atom stereocenters. The first-order valence-corrected chi connectivity index (χ1v) is 10.7. The molecule has 0 radical (unpaired) electrons. The maximum Gasteiger partial charge on any atom is 0.156 e. The number of hydrogen-bond donors (Lipinski definition) is 0. The van der Waals surface area contributed by atoms with Crippen LogP contribution in [0.1, 0.15) is 5.56 Å². The number of nitrogens with zero attached hydrogens (tertiary/aromatic N) is 6. The van der Waals surface area contributed by atoms with Gasteiger partial charge in [-0.05, 0) is 43.4 Å².